The van der Waals surface area contributed by atoms with Gasteiger partial charge in [0.1, 0.15) is 16.5 Å². The number of benzene rings is 1. The number of likely N-dealkylation sites (tertiary alicyclic amines) is 1. The number of aromatic nitrogens is 1. The van der Waals surface area contributed by atoms with Crippen LogP contribution in [0.3, 0.4) is 0 Å². The molecule has 1 N–H and O–H groups in total. The van der Waals surface area contributed by atoms with Gasteiger partial charge in [-0.15, -0.1) is 11.3 Å². The summed E-state index contributed by atoms with van der Waals surface area (Å²) in [6.07, 6.45) is 0. The van der Waals surface area contributed by atoms with Crippen molar-refractivity contribution in [1.82, 2.24) is 9.88 Å². The maximum atomic E-state index is 12.6. The molecule has 2 aromatic rings. The highest BCUT2D eigenvalue weighted by atomic mass is 32.1. The normalized spacial score (nSPS) is 20.2. The van der Waals surface area contributed by atoms with Crippen LogP contribution in [0.1, 0.15) is 17.4 Å². The van der Waals surface area contributed by atoms with E-state index in [1.54, 1.807) is 17.4 Å². The molecule has 0 aliphatic carbocycles. The fourth-order valence-corrected chi connectivity index (χ4v) is 3.65. The zero-order valence-electron chi connectivity index (χ0n) is 13.4. The van der Waals surface area contributed by atoms with E-state index in [-0.39, 0.29) is 18.4 Å². The second kappa shape index (κ2) is 6.60. The minimum absolute atomic E-state index is 0.0499. The second-order valence-corrected chi connectivity index (χ2v) is 6.76. The highest BCUT2D eigenvalue weighted by Crippen LogP contribution is 2.28. The molecule has 1 fully saturated rings. The number of hydrogen-bond acceptors (Lipinski definition) is 5. The summed E-state index contributed by atoms with van der Waals surface area (Å²) in [6.45, 7) is 2.55. The lowest BCUT2D eigenvalue weighted by molar-refractivity contribution is -0.142. The number of hydrogen-bond donors (Lipinski definition) is 1. The lowest BCUT2D eigenvalue weighted by Gasteiger charge is -2.13. The number of rotatable bonds is 4. The maximum absolute atomic E-state index is 12.6. The fourth-order valence-electron chi connectivity index (χ4n) is 2.85. The highest BCUT2D eigenvalue weighted by Gasteiger charge is 2.37. The molecule has 6 nitrogen and oxygen atoms in total. The van der Waals surface area contributed by atoms with Crippen molar-refractivity contribution in [3.8, 4) is 16.3 Å². The average Bonchev–Trinajstić information content (AvgIpc) is 3.21. The number of amides is 1. The van der Waals surface area contributed by atoms with Crippen molar-refractivity contribution in [3.63, 3.8) is 0 Å². The fraction of sp³-hybridized carbons (Fsp3) is 0.353. The quantitative estimate of drug-likeness (QED) is 0.920. The van der Waals surface area contributed by atoms with Crippen LogP contribution in [-0.4, -0.2) is 47.1 Å². The van der Waals surface area contributed by atoms with Crippen molar-refractivity contribution in [3.05, 3.63) is 35.3 Å². The van der Waals surface area contributed by atoms with E-state index < -0.39 is 11.9 Å². The van der Waals surface area contributed by atoms with E-state index in [0.717, 1.165) is 16.3 Å². The van der Waals surface area contributed by atoms with Gasteiger partial charge in [0.2, 0.25) is 0 Å². The Kier molecular flexibility index (Phi) is 4.53. The van der Waals surface area contributed by atoms with Gasteiger partial charge in [0.05, 0.1) is 13.0 Å². The largest absolute Gasteiger partial charge is 0.497 e. The molecular formula is C17H18N2O4S. The maximum Gasteiger partial charge on any atom is 0.308 e. The summed E-state index contributed by atoms with van der Waals surface area (Å²) in [7, 11) is 1.61. The molecule has 0 unspecified atom stereocenters. The average molecular weight is 346 g/mol. The third kappa shape index (κ3) is 3.12. The standard InChI is InChI=1S/C17H18N2O4S/c1-10-7-19(8-13(10)17(21)22)16(20)14-9-24-15(18-14)11-3-5-12(23-2)6-4-11/h3-6,9-10,13H,7-8H2,1-2H3,(H,21,22)/t10-,13-/m1/s1. The topological polar surface area (TPSA) is 79.7 Å². The van der Waals surface area contributed by atoms with Gasteiger partial charge in [-0.1, -0.05) is 6.92 Å². The van der Waals surface area contributed by atoms with Crippen molar-refractivity contribution in [2.75, 3.05) is 20.2 Å². The summed E-state index contributed by atoms with van der Waals surface area (Å²) in [4.78, 5) is 29.8. The Morgan fingerprint density at radius 1 is 1.29 bits per heavy atom. The van der Waals surface area contributed by atoms with Crippen molar-refractivity contribution < 1.29 is 19.4 Å². The summed E-state index contributed by atoms with van der Waals surface area (Å²) in [5.74, 6) is -0.853. The Morgan fingerprint density at radius 3 is 2.58 bits per heavy atom. The SMILES string of the molecule is COc1ccc(-c2nc(C(=O)N3C[C@@H](C)[C@H](C(=O)O)C3)cs2)cc1. The van der Waals surface area contributed by atoms with Crippen molar-refractivity contribution in [1.29, 1.82) is 0 Å². The molecule has 3 rings (SSSR count). The lowest BCUT2D eigenvalue weighted by atomic mass is 9.99. The van der Waals surface area contributed by atoms with Crippen molar-refractivity contribution in [2.24, 2.45) is 11.8 Å². The molecule has 0 bridgehead atoms. The van der Waals surface area contributed by atoms with E-state index in [0.29, 0.717) is 12.2 Å². The third-order valence-electron chi connectivity index (χ3n) is 4.28. The Morgan fingerprint density at radius 2 is 2.00 bits per heavy atom. The lowest BCUT2D eigenvalue weighted by Crippen LogP contribution is -2.30. The van der Waals surface area contributed by atoms with E-state index in [2.05, 4.69) is 4.98 Å². The van der Waals surface area contributed by atoms with Gasteiger partial charge in [-0.05, 0) is 30.2 Å². The molecule has 7 heteroatoms. The number of carboxylic acids is 1. The molecule has 1 aromatic heterocycles. The smallest absolute Gasteiger partial charge is 0.308 e. The first-order valence-corrected chi connectivity index (χ1v) is 8.49. The molecule has 1 saturated heterocycles. The predicted octanol–water partition coefficient (Wildman–Crippen LogP) is 2.61. The number of thiazole rings is 1. The molecule has 2 atom stereocenters. The number of carbonyl (C=O) groups excluding carboxylic acids is 1. The summed E-state index contributed by atoms with van der Waals surface area (Å²) in [5.41, 5.74) is 1.28. The first kappa shape index (κ1) is 16.4. The van der Waals surface area contributed by atoms with Crippen LogP contribution < -0.4 is 4.74 Å². The molecule has 0 radical (unpaired) electrons. The van der Waals surface area contributed by atoms with Crippen LogP contribution in [0.5, 0.6) is 5.75 Å². The first-order chi connectivity index (χ1) is 11.5. The van der Waals surface area contributed by atoms with Crippen LogP contribution in [-0.2, 0) is 4.79 Å². The van der Waals surface area contributed by atoms with Crippen LogP contribution in [0.15, 0.2) is 29.6 Å². The number of nitrogens with zero attached hydrogens (tertiary/aromatic N) is 2. The van der Waals surface area contributed by atoms with E-state index in [9.17, 15) is 14.7 Å². The van der Waals surface area contributed by atoms with Crippen LogP contribution in [0.25, 0.3) is 10.6 Å². The third-order valence-corrected chi connectivity index (χ3v) is 5.17. The number of aliphatic carboxylic acids is 1. The molecule has 0 spiro atoms. The first-order valence-electron chi connectivity index (χ1n) is 7.61. The van der Waals surface area contributed by atoms with Crippen LogP contribution in [0, 0.1) is 11.8 Å². The van der Waals surface area contributed by atoms with Gasteiger partial charge in [-0.3, -0.25) is 9.59 Å². The molecule has 1 amide bonds. The highest BCUT2D eigenvalue weighted by molar-refractivity contribution is 7.13. The van der Waals surface area contributed by atoms with E-state index in [1.807, 2.05) is 31.2 Å². The Hall–Kier alpha value is -2.41. The summed E-state index contributed by atoms with van der Waals surface area (Å²) < 4.78 is 5.13. The van der Waals surface area contributed by atoms with E-state index in [4.69, 9.17) is 4.74 Å². The summed E-state index contributed by atoms with van der Waals surface area (Å²) in [5, 5.41) is 11.7. The zero-order chi connectivity index (χ0) is 17.3. The van der Waals surface area contributed by atoms with Crippen LogP contribution >= 0.6 is 11.3 Å². The molecule has 1 aromatic carbocycles. The molecule has 24 heavy (non-hydrogen) atoms. The summed E-state index contributed by atoms with van der Waals surface area (Å²) in [6, 6.07) is 7.48. The molecular weight excluding hydrogens is 328 g/mol. The van der Waals surface area contributed by atoms with Gasteiger partial charge in [0, 0.05) is 24.0 Å². The zero-order valence-corrected chi connectivity index (χ0v) is 14.2. The van der Waals surface area contributed by atoms with Crippen molar-refractivity contribution >= 4 is 23.2 Å². The van der Waals surface area contributed by atoms with E-state index >= 15 is 0 Å². The monoisotopic (exact) mass is 346 g/mol. The molecule has 1 aliphatic rings. The van der Waals surface area contributed by atoms with Gasteiger partial charge in [-0.25, -0.2) is 4.98 Å². The Bertz CT molecular complexity index is 756. The minimum Gasteiger partial charge on any atom is -0.497 e. The number of methoxy groups -OCH3 is 1. The Balaban J connectivity index is 1.75. The van der Waals surface area contributed by atoms with Crippen LogP contribution in [0.2, 0.25) is 0 Å². The predicted molar refractivity (Wildman–Crippen MR) is 90.3 cm³/mol. The molecule has 2 heterocycles. The number of ether oxygens (including phenoxy) is 1. The van der Waals surface area contributed by atoms with Crippen molar-refractivity contribution in [2.45, 2.75) is 6.92 Å². The molecule has 126 valence electrons. The Labute approximate surface area is 143 Å². The summed E-state index contributed by atoms with van der Waals surface area (Å²) >= 11 is 1.40. The van der Waals surface area contributed by atoms with Gasteiger partial charge < -0.3 is 14.7 Å². The van der Waals surface area contributed by atoms with Gasteiger partial charge >= 0.3 is 5.97 Å². The van der Waals surface area contributed by atoms with Gasteiger partial charge in [0.15, 0.2) is 0 Å². The second-order valence-electron chi connectivity index (χ2n) is 5.90. The number of carboxylic acid groups (broad SMARTS) is 1. The molecule has 1 aliphatic heterocycles. The van der Waals surface area contributed by atoms with E-state index in [1.165, 1.54) is 11.3 Å². The number of carbonyl (C=O) groups is 2. The minimum atomic E-state index is -0.852. The molecule has 0 saturated carbocycles. The van der Waals surface area contributed by atoms with Gasteiger partial charge in [-0.2, -0.15) is 0 Å². The van der Waals surface area contributed by atoms with Crippen LogP contribution in [0.4, 0.5) is 0 Å². The van der Waals surface area contributed by atoms with Gasteiger partial charge in [0.25, 0.3) is 5.91 Å².